The van der Waals surface area contributed by atoms with Crippen LogP contribution in [0.2, 0.25) is 5.02 Å². The van der Waals surface area contributed by atoms with Gasteiger partial charge >= 0.3 is 12.1 Å². The third kappa shape index (κ3) is 5.80. The lowest BCUT2D eigenvalue weighted by molar-refractivity contribution is -0.145. The number of carboxylic acid groups (broad SMARTS) is 1. The van der Waals surface area contributed by atoms with Gasteiger partial charge in [-0.25, -0.2) is 0 Å². The summed E-state index contributed by atoms with van der Waals surface area (Å²) < 4.78 is 47.2. The lowest BCUT2D eigenvalue weighted by Crippen LogP contribution is -2.47. The highest BCUT2D eigenvalue weighted by Crippen LogP contribution is 2.42. The van der Waals surface area contributed by atoms with Crippen LogP contribution in [0.1, 0.15) is 47.6 Å². The van der Waals surface area contributed by atoms with E-state index in [1.165, 1.54) is 12.1 Å². The van der Waals surface area contributed by atoms with Crippen LogP contribution in [-0.4, -0.2) is 28.6 Å². The third-order valence-electron chi connectivity index (χ3n) is 6.22. The van der Waals surface area contributed by atoms with E-state index in [1.54, 1.807) is 29.2 Å². The number of rotatable bonds is 7. The standard InChI is InChI=1S/C27H25ClF3NO3/c28-22-14-13-19(16-21(22)27(29,30)31)25(32-15-7-6-11-23(32)26(33)34)20-10-4-5-12-24(20)35-17-18-8-2-1-3-9-18/h1-5,8-10,12-14,16,23,25H,6-7,11,15,17H2,(H,33,34). The number of benzene rings is 3. The predicted octanol–water partition coefficient (Wildman–Crippen LogP) is 6.97. The van der Waals surface area contributed by atoms with Crippen LogP contribution in [-0.2, 0) is 17.6 Å². The lowest BCUT2D eigenvalue weighted by atomic mass is 9.90. The molecule has 0 aromatic heterocycles. The zero-order chi connectivity index (χ0) is 25.0. The van der Waals surface area contributed by atoms with E-state index in [1.807, 2.05) is 30.3 Å². The van der Waals surface area contributed by atoms with Crippen LogP contribution in [0.3, 0.4) is 0 Å². The van der Waals surface area contributed by atoms with Gasteiger partial charge in [0.05, 0.1) is 16.6 Å². The number of halogens is 4. The Kier molecular flexibility index (Phi) is 7.67. The van der Waals surface area contributed by atoms with Crippen molar-refractivity contribution < 1.29 is 27.8 Å². The highest BCUT2D eigenvalue weighted by molar-refractivity contribution is 6.31. The summed E-state index contributed by atoms with van der Waals surface area (Å²) in [7, 11) is 0. The minimum atomic E-state index is -4.64. The predicted molar refractivity (Wildman–Crippen MR) is 127 cm³/mol. The van der Waals surface area contributed by atoms with Crippen molar-refractivity contribution in [2.45, 2.75) is 44.1 Å². The minimum Gasteiger partial charge on any atom is -0.489 e. The quantitative estimate of drug-likeness (QED) is 0.378. The Morgan fingerprint density at radius 1 is 1.06 bits per heavy atom. The average molecular weight is 504 g/mol. The molecule has 0 amide bonds. The molecular formula is C27H25ClF3NO3. The molecule has 0 radical (unpaired) electrons. The Balaban J connectivity index is 1.81. The zero-order valence-corrected chi connectivity index (χ0v) is 19.6. The van der Waals surface area contributed by atoms with Crippen molar-refractivity contribution in [3.05, 3.63) is 100 Å². The number of aliphatic carboxylic acids is 1. The molecule has 4 rings (SSSR count). The molecule has 2 atom stereocenters. The molecule has 0 saturated carbocycles. The number of hydrogen-bond acceptors (Lipinski definition) is 3. The van der Waals surface area contributed by atoms with Crippen molar-refractivity contribution in [3.63, 3.8) is 0 Å². The summed E-state index contributed by atoms with van der Waals surface area (Å²) in [6, 6.07) is 18.8. The van der Waals surface area contributed by atoms with Crippen LogP contribution in [0.5, 0.6) is 5.75 Å². The van der Waals surface area contributed by atoms with Crippen molar-refractivity contribution in [3.8, 4) is 5.75 Å². The van der Waals surface area contributed by atoms with E-state index in [0.29, 0.717) is 29.8 Å². The third-order valence-corrected chi connectivity index (χ3v) is 6.55. The fourth-order valence-electron chi connectivity index (χ4n) is 4.58. The number of hydrogen-bond donors (Lipinski definition) is 1. The molecule has 1 aliphatic rings. The van der Waals surface area contributed by atoms with Crippen LogP contribution in [0.15, 0.2) is 72.8 Å². The van der Waals surface area contributed by atoms with Crippen LogP contribution in [0.25, 0.3) is 0 Å². The SMILES string of the molecule is O=C(O)C1CCCCN1C(c1ccc(Cl)c(C(F)(F)F)c1)c1ccccc1OCc1ccccc1. The second-order valence-electron chi connectivity index (χ2n) is 8.54. The van der Waals surface area contributed by atoms with Crippen molar-refractivity contribution in [2.75, 3.05) is 6.54 Å². The van der Waals surface area contributed by atoms with E-state index in [0.717, 1.165) is 24.5 Å². The summed E-state index contributed by atoms with van der Waals surface area (Å²) in [6.07, 6.45) is -2.75. The van der Waals surface area contributed by atoms with Gasteiger partial charge < -0.3 is 9.84 Å². The van der Waals surface area contributed by atoms with Crippen LogP contribution in [0, 0.1) is 0 Å². The van der Waals surface area contributed by atoms with Gasteiger partial charge in [-0.2, -0.15) is 13.2 Å². The van der Waals surface area contributed by atoms with Gasteiger partial charge in [-0.1, -0.05) is 72.6 Å². The number of nitrogens with zero attached hydrogens (tertiary/aromatic N) is 1. The normalized spacial score (nSPS) is 17.7. The number of alkyl halides is 3. The molecule has 1 fully saturated rings. The molecule has 4 nitrogen and oxygen atoms in total. The second-order valence-corrected chi connectivity index (χ2v) is 8.95. The second kappa shape index (κ2) is 10.7. The molecule has 0 aliphatic carbocycles. The van der Waals surface area contributed by atoms with E-state index >= 15 is 0 Å². The fraction of sp³-hybridized carbons (Fsp3) is 0.296. The summed E-state index contributed by atoms with van der Waals surface area (Å²) >= 11 is 5.89. The molecule has 3 aromatic rings. The fourth-order valence-corrected chi connectivity index (χ4v) is 4.81. The highest BCUT2D eigenvalue weighted by atomic mass is 35.5. The van der Waals surface area contributed by atoms with Crippen LogP contribution >= 0.6 is 11.6 Å². The average Bonchev–Trinajstić information content (AvgIpc) is 2.85. The number of carboxylic acids is 1. The van der Waals surface area contributed by atoms with Crippen molar-refractivity contribution in [1.82, 2.24) is 4.90 Å². The summed E-state index contributed by atoms with van der Waals surface area (Å²) in [6.45, 7) is 0.694. The number of piperidine rings is 1. The van der Waals surface area contributed by atoms with Gasteiger partial charge in [0.1, 0.15) is 18.4 Å². The van der Waals surface area contributed by atoms with Gasteiger partial charge in [0.15, 0.2) is 0 Å². The molecule has 2 unspecified atom stereocenters. The van der Waals surface area contributed by atoms with Crippen molar-refractivity contribution >= 4 is 17.6 Å². The Labute approximate surface area is 206 Å². The molecule has 0 bridgehead atoms. The molecule has 1 heterocycles. The first-order valence-corrected chi connectivity index (χ1v) is 11.7. The summed E-state index contributed by atoms with van der Waals surface area (Å²) in [4.78, 5) is 13.9. The molecule has 184 valence electrons. The lowest BCUT2D eigenvalue weighted by Gasteiger charge is -2.40. The Bertz CT molecular complexity index is 1170. The molecule has 8 heteroatoms. The van der Waals surface area contributed by atoms with Gasteiger partial charge in [0.2, 0.25) is 0 Å². The number of ether oxygens (including phenoxy) is 1. The first-order valence-electron chi connectivity index (χ1n) is 11.4. The topological polar surface area (TPSA) is 49.8 Å². The van der Waals surface area contributed by atoms with E-state index in [9.17, 15) is 23.1 Å². The molecule has 3 aromatic carbocycles. The first-order chi connectivity index (χ1) is 16.8. The summed E-state index contributed by atoms with van der Waals surface area (Å²) in [5.41, 5.74) is 0.900. The molecule has 1 saturated heterocycles. The van der Waals surface area contributed by atoms with E-state index < -0.39 is 34.8 Å². The van der Waals surface area contributed by atoms with Crippen LogP contribution < -0.4 is 4.74 Å². The van der Waals surface area contributed by atoms with E-state index in [-0.39, 0.29) is 6.61 Å². The maximum absolute atomic E-state index is 13.7. The van der Waals surface area contributed by atoms with Gasteiger partial charge in [0.25, 0.3) is 0 Å². The molecule has 1 N–H and O–H groups in total. The van der Waals surface area contributed by atoms with E-state index in [4.69, 9.17) is 16.3 Å². The smallest absolute Gasteiger partial charge is 0.417 e. The van der Waals surface area contributed by atoms with E-state index in [2.05, 4.69) is 0 Å². The van der Waals surface area contributed by atoms with Gasteiger partial charge in [-0.3, -0.25) is 9.69 Å². The zero-order valence-electron chi connectivity index (χ0n) is 18.8. The maximum Gasteiger partial charge on any atom is 0.417 e. The molecule has 1 aliphatic heterocycles. The summed E-state index contributed by atoms with van der Waals surface area (Å²) in [5, 5.41) is 9.53. The van der Waals surface area contributed by atoms with Gasteiger partial charge in [-0.15, -0.1) is 0 Å². The minimum absolute atomic E-state index is 0.265. The molecule has 0 spiro atoms. The molecular weight excluding hydrogens is 479 g/mol. The van der Waals surface area contributed by atoms with Crippen LogP contribution in [0.4, 0.5) is 13.2 Å². The van der Waals surface area contributed by atoms with Crippen molar-refractivity contribution in [1.29, 1.82) is 0 Å². The number of likely N-dealkylation sites (tertiary alicyclic amines) is 1. The Morgan fingerprint density at radius 2 is 1.77 bits per heavy atom. The Morgan fingerprint density at radius 3 is 2.49 bits per heavy atom. The monoisotopic (exact) mass is 503 g/mol. The molecule has 35 heavy (non-hydrogen) atoms. The van der Waals surface area contributed by atoms with Crippen molar-refractivity contribution in [2.24, 2.45) is 0 Å². The number of para-hydroxylation sites is 1. The highest BCUT2D eigenvalue weighted by Gasteiger charge is 2.39. The summed E-state index contributed by atoms with van der Waals surface area (Å²) in [5.74, 6) is -0.512. The van der Waals surface area contributed by atoms with Gasteiger partial charge in [0, 0.05) is 5.56 Å². The Hall–Kier alpha value is -3.03. The van der Waals surface area contributed by atoms with Gasteiger partial charge in [-0.05, 0) is 48.7 Å². The largest absolute Gasteiger partial charge is 0.489 e. The maximum atomic E-state index is 13.7. The number of carbonyl (C=O) groups is 1. The first kappa shape index (κ1) is 25.1.